The number of hydrogen-bond donors (Lipinski definition) is 0. The third-order valence-corrected chi connectivity index (χ3v) is 5.74. The minimum atomic E-state index is -0.317. The summed E-state index contributed by atoms with van der Waals surface area (Å²) < 4.78 is 12.0. The van der Waals surface area contributed by atoms with Gasteiger partial charge in [-0.1, -0.05) is 30.3 Å². The highest BCUT2D eigenvalue weighted by molar-refractivity contribution is 6.07. The number of ether oxygens (including phenoxy) is 1. The first-order valence-corrected chi connectivity index (χ1v) is 9.50. The summed E-state index contributed by atoms with van der Waals surface area (Å²) in [4.78, 5) is 25.4. The van der Waals surface area contributed by atoms with Gasteiger partial charge in [-0.15, -0.1) is 0 Å². The van der Waals surface area contributed by atoms with Gasteiger partial charge in [0.25, 0.3) is 0 Å². The Morgan fingerprint density at radius 1 is 1.00 bits per heavy atom. The van der Waals surface area contributed by atoms with Crippen LogP contribution < -0.4 is 10.4 Å². The summed E-state index contributed by atoms with van der Waals surface area (Å²) in [5.41, 5.74) is 4.45. The fraction of sp³-hybridized carbons (Fsp3) is 0.304. The van der Waals surface area contributed by atoms with E-state index in [9.17, 15) is 9.59 Å². The summed E-state index contributed by atoms with van der Waals surface area (Å²) in [6.45, 7) is 1.88. The Morgan fingerprint density at radius 3 is 2.52 bits per heavy atom. The molecule has 3 aromatic rings. The molecule has 1 aliphatic heterocycles. The highest BCUT2D eigenvalue weighted by atomic mass is 16.5. The molecule has 5 rings (SSSR count). The molecule has 27 heavy (non-hydrogen) atoms. The second kappa shape index (κ2) is 6.08. The largest absolute Gasteiger partial charge is 0.484 e. The van der Waals surface area contributed by atoms with Crippen molar-refractivity contribution in [3.05, 3.63) is 74.6 Å². The topological polar surface area (TPSA) is 56.5 Å². The number of ketones is 1. The van der Waals surface area contributed by atoms with Gasteiger partial charge in [-0.05, 0) is 55.4 Å². The summed E-state index contributed by atoms with van der Waals surface area (Å²) in [6.07, 6.45) is 3.57. The number of fused-ring (bicyclic) bond motifs is 5. The van der Waals surface area contributed by atoms with Gasteiger partial charge in [0.15, 0.2) is 5.78 Å². The van der Waals surface area contributed by atoms with Crippen molar-refractivity contribution in [2.24, 2.45) is 0 Å². The summed E-state index contributed by atoms with van der Waals surface area (Å²) in [7, 11) is 0. The molecule has 136 valence electrons. The minimum Gasteiger partial charge on any atom is -0.484 e. The van der Waals surface area contributed by atoms with Gasteiger partial charge in [0, 0.05) is 5.56 Å². The van der Waals surface area contributed by atoms with Crippen molar-refractivity contribution < 1.29 is 13.9 Å². The average Bonchev–Trinajstić information content (AvgIpc) is 2.68. The van der Waals surface area contributed by atoms with Crippen LogP contribution in [0.15, 0.2) is 45.6 Å². The molecule has 0 spiro atoms. The molecular formula is C23H20O4. The summed E-state index contributed by atoms with van der Waals surface area (Å²) in [6, 6.07) is 11.6. The SMILES string of the molecule is Cc1cc2oc(=O)c3c(c2c2c1C(=O)C[C@H](c1ccccc1)O2)CCCC3. The molecule has 4 heteroatoms. The van der Waals surface area contributed by atoms with E-state index < -0.39 is 0 Å². The lowest BCUT2D eigenvalue weighted by atomic mass is 9.86. The summed E-state index contributed by atoms with van der Waals surface area (Å²) >= 11 is 0. The van der Waals surface area contributed by atoms with E-state index in [1.807, 2.05) is 43.3 Å². The second-order valence-electron chi connectivity index (χ2n) is 7.47. The van der Waals surface area contributed by atoms with Gasteiger partial charge in [-0.2, -0.15) is 0 Å². The number of rotatable bonds is 1. The van der Waals surface area contributed by atoms with Crippen LogP contribution in [0.2, 0.25) is 0 Å². The predicted molar refractivity (Wildman–Crippen MR) is 103 cm³/mol. The van der Waals surface area contributed by atoms with E-state index in [1.54, 1.807) is 0 Å². The van der Waals surface area contributed by atoms with Gasteiger partial charge in [-0.3, -0.25) is 4.79 Å². The van der Waals surface area contributed by atoms with Gasteiger partial charge in [-0.25, -0.2) is 4.79 Å². The lowest BCUT2D eigenvalue weighted by molar-refractivity contribution is 0.0852. The van der Waals surface area contributed by atoms with Gasteiger partial charge >= 0.3 is 5.63 Å². The maximum atomic E-state index is 13.0. The Hall–Kier alpha value is -2.88. The van der Waals surface area contributed by atoms with Crippen LogP contribution in [0.5, 0.6) is 5.75 Å². The third-order valence-electron chi connectivity index (χ3n) is 5.74. The standard InChI is InChI=1S/C23H20O4/c1-13-11-19-21(15-9-5-6-10-16(15)23(25)27-19)22-20(13)17(24)12-18(26-22)14-7-3-2-4-8-14/h2-4,7-8,11,18H,5-6,9-10,12H2,1H3/t18-/m1/s1. The second-order valence-corrected chi connectivity index (χ2v) is 7.47. The van der Waals surface area contributed by atoms with Crippen molar-refractivity contribution in [2.45, 2.75) is 45.1 Å². The Bertz CT molecular complexity index is 1120. The summed E-state index contributed by atoms with van der Waals surface area (Å²) in [5.74, 6) is 0.678. The number of hydrogen-bond acceptors (Lipinski definition) is 4. The van der Waals surface area contributed by atoms with Crippen LogP contribution >= 0.6 is 0 Å². The molecule has 2 aliphatic rings. The molecule has 4 nitrogen and oxygen atoms in total. The van der Waals surface area contributed by atoms with Gasteiger partial charge < -0.3 is 9.15 Å². The first-order chi connectivity index (χ1) is 13.1. The van der Waals surface area contributed by atoms with Crippen molar-refractivity contribution in [3.8, 4) is 5.75 Å². The third kappa shape index (κ3) is 2.51. The van der Waals surface area contributed by atoms with Crippen molar-refractivity contribution in [1.29, 1.82) is 0 Å². The van der Waals surface area contributed by atoms with E-state index >= 15 is 0 Å². The van der Waals surface area contributed by atoms with Crippen LogP contribution in [-0.4, -0.2) is 5.78 Å². The van der Waals surface area contributed by atoms with E-state index in [0.29, 0.717) is 23.3 Å². The number of Topliss-reactive ketones (excluding diaryl/α,β-unsaturated/α-hetero) is 1. The molecule has 2 aromatic carbocycles. The van der Waals surface area contributed by atoms with Crippen LogP contribution in [-0.2, 0) is 12.8 Å². The van der Waals surface area contributed by atoms with Gasteiger partial charge in [0.1, 0.15) is 17.4 Å². The van der Waals surface area contributed by atoms with Crippen LogP contribution in [0.4, 0.5) is 0 Å². The minimum absolute atomic E-state index is 0.0836. The normalized spacial score (nSPS) is 18.7. The molecule has 1 atom stereocenters. The first-order valence-electron chi connectivity index (χ1n) is 9.50. The van der Waals surface area contributed by atoms with E-state index in [0.717, 1.165) is 53.3 Å². The molecule has 0 saturated heterocycles. The zero-order valence-corrected chi connectivity index (χ0v) is 15.2. The maximum Gasteiger partial charge on any atom is 0.339 e. The molecule has 0 fully saturated rings. The van der Waals surface area contributed by atoms with Crippen molar-refractivity contribution >= 4 is 16.8 Å². The van der Waals surface area contributed by atoms with E-state index in [2.05, 4.69) is 0 Å². The van der Waals surface area contributed by atoms with Crippen LogP contribution in [0.3, 0.4) is 0 Å². The lowest BCUT2D eigenvalue weighted by Gasteiger charge is -2.29. The predicted octanol–water partition coefficient (Wildman–Crippen LogP) is 4.69. The number of carbonyl (C=O) groups is 1. The quantitative estimate of drug-likeness (QED) is 0.591. The monoisotopic (exact) mass is 360 g/mol. The molecule has 2 heterocycles. The van der Waals surface area contributed by atoms with Gasteiger partial charge in [0.05, 0.1) is 17.4 Å². The number of aryl methyl sites for hydroxylation is 2. The fourth-order valence-electron chi connectivity index (χ4n) is 4.46. The first kappa shape index (κ1) is 16.3. The Kier molecular flexibility index (Phi) is 3.67. The average molecular weight is 360 g/mol. The molecule has 0 amide bonds. The Balaban J connectivity index is 1.79. The van der Waals surface area contributed by atoms with Crippen molar-refractivity contribution in [2.75, 3.05) is 0 Å². The van der Waals surface area contributed by atoms with Crippen LogP contribution in [0, 0.1) is 6.92 Å². The molecule has 0 radical (unpaired) electrons. The molecule has 0 saturated carbocycles. The number of benzene rings is 2. The molecule has 1 aliphatic carbocycles. The van der Waals surface area contributed by atoms with E-state index in [1.165, 1.54) is 0 Å². The zero-order valence-electron chi connectivity index (χ0n) is 15.2. The van der Waals surface area contributed by atoms with Crippen molar-refractivity contribution in [3.63, 3.8) is 0 Å². The van der Waals surface area contributed by atoms with E-state index in [4.69, 9.17) is 9.15 Å². The smallest absolute Gasteiger partial charge is 0.339 e. The Labute approximate surface area is 156 Å². The fourth-order valence-corrected chi connectivity index (χ4v) is 4.46. The highest BCUT2D eigenvalue weighted by Crippen LogP contribution is 2.44. The Morgan fingerprint density at radius 2 is 1.74 bits per heavy atom. The zero-order chi connectivity index (χ0) is 18.5. The molecule has 0 bridgehead atoms. The molecular weight excluding hydrogens is 340 g/mol. The van der Waals surface area contributed by atoms with Crippen LogP contribution in [0.25, 0.3) is 11.0 Å². The maximum absolute atomic E-state index is 13.0. The summed E-state index contributed by atoms with van der Waals surface area (Å²) in [5, 5.41) is 0.818. The highest BCUT2D eigenvalue weighted by Gasteiger charge is 2.33. The van der Waals surface area contributed by atoms with Crippen molar-refractivity contribution in [1.82, 2.24) is 0 Å². The molecule has 0 unspecified atom stereocenters. The van der Waals surface area contributed by atoms with Gasteiger partial charge in [0.2, 0.25) is 0 Å². The van der Waals surface area contributed by atoms with E-state index in [-0.39, 0.29) is 17.5 Å². The molecule has 1 aromatic heterocycles. The lowest BCUT2D eigenvalue weighted by Crippen LogP contribution is -2.23. The number of carbonyl (C=O) groups excluding carboxylic acids is 1. The van der Waals surface area contributed by atoms with Crippen LogP contribution in [0.1, 0.15) is 58.0 Å². The molecule has 0 N–H and O–H groups in total.